The van der Waals surface area contributed by atoms with E-state index in [2.05, 4.69) is 0 Å². The van der Waals surface area contributed by atoms with Crippen LogP contribution in [0.4, 0.5) is 0 Å². The normalized spacial score (nSPS) is 52.0. The van der Waals surface area contributed by atoms with Crippen LogP contribution in [0.25, 0.3) is 0 Å². The second-order valence-corrected chi connectivity index (χ2v) is 15.2. The molecule has 18 nitrogen and oxygen atoms in total. The first-order valence-corrected chi connectivity index (χ1v) is 17.3. The fourth-order valence-electron chi connectivity index (χ4n) is 5.73. The summed E-state index contributed by atoms with van der Waals surface area (Å²) in [7, 11) is 1.24. The number of ether oxygens (including phenoxy) is 5. The Bertz CT molecular complexity index is 939. The first-order valence-electron chi connectivity index (χ1n) is 14.5. The van der Waals surface area contributed by atoms with Crippen molar-refractivity contribution in [2.24, 2.45) is 0 Å². The molecule has 0 aromatic rings. The number of methoxy groups -OCH3 is 1. The molecule has 4 aliphatic heterocycles. The second kappa shape index (κ2) is 17.0. The molecule has 4 fully saturated rings. The van der Waals surface area contributed by atoms with Crippen LogP contribution in [0.15, 0.2) is 0 Å². The molecule has 0 unspecified atom stereocenters. The van der Waals surface area contributed by atoms with Crippen LogP contribution in [-0.4, -0.2) is 218 Å². The standard InChI is InChI=1S/C25H44O18S3/c1-39-22-15(35)12(32)19(7(3-27)40-22)44-24-17(37)14(34)21(9(5-29)42-24)46-25-18(38)13(33)20(8(4-28)43-25)45-23-16(36)11(31)10(30)6(2-26)41-23/h6-38H,2-5H2,1H3/t6-,7-,8-,9-,10-,11+,12-,13-,14-,15-,16-,17-,18-,19-,20-,21-,22-,23+,24-,25-/m1/s1. The average Bonchev–Trinajstić information content (AvgIpc) is 3.05. The van der Waals surface area contributed by atoms with Crippen LogP contribution in [0.1, 0.15) is 0 Å². The van der Waals surface area contributed by atoms with E-state index < -0.39 is 144 Å². The Morgan fingerprint density at radius 1 is 0.413 bits per heavy atom. The molecular formula is C25H44O18S3. The van der Waals surface area contributed by atoms with Crippen molar-refractivity contribution in [3.63, 3.8) is 0 Å². The molecule has 46 heavy (non-hydrogen) atoms. The lowest BCUT2D eigenvalue weighted by atomic mass is 10.0. The molecule has 13 N–H and O–H groups in total. The summed E-state index contributed by atoms with van der Waals surface area (Å²) in [6.45, 7) is -2.66. The van der Waals surface area contributed by atoms with Gasteiger partial charge in [0.05, 0.1) is 78.8 Å². The Morgan fingerprint density at radius 3 is 1.11 bits per heavy atom. The molecule has 0 bridgehead atoms. The summed E-state index contributed by atoms with van der Waals surface area (Å²) in [5.41, 5.74) is -3.94. The van der Waals surface area contributed by atoms with E-state index in [4.69, 9.17) is 23.7 Å². The first kappa shape index (κ1) is 39.1. The van der Waals surface area contributed by atoms with E-state index in [0.29, 0.717) is 23.5 Å². The number of hydrogen-bond acceptors (Lipinski definition) is 21. The number of thioether (sulfide) groups is 3. The van der Waals surface area contributed by atoms with Crippen LogP contribution in [0.2, 0.25) is 0 Å². The largest absolute Gasteiger partial charge is 0.394 e. The lowest BCUT2D eigenvalue weighted by molar-refractivity contribution is -0.259. The monoisotopic (exact) mass is 728 g/mol. The molecule has 0 amide bonds. The van der Waals surface area contributed by atoms with E-state index in [1.54, 1.807) is 0 Å². The van der Waals surface area contributed by atoms with Crippen LogP contribution in [0, 0.1) is 0 Å². The Balaban J connectivity index is 1.43. The summed E-state index contributed by atoms with van der Waals surface area (Å²) in [6.07, 6.45) is -20.5. The number of aliphatic hydroxyl groups is 13. The molecule has 0 saturated carbocycles. The van der Waals surface area contributed by atoms with Gasteiger partial charge in [-0.05, 0) is 0 Å². The van der Waals surface area contributed by atoms with Gasteiger partial charge in [0, 0.05) is 7.11 Å². The van der Waals surface area contributed by atoms with Gasteiger partial charge in [-0.3, -0.25) is 0 Å². The van der Waals surface area contributed by atoms with Gasteiger partial charge in [-0.15, -0.1) is 35.3 Å². The van der Waals surface area contributed by atoms with Gasteiger partial charge in [0.2, 0.25) is 0 Å². The van der Waals surface area contributed by atoms with Crippen LogP contribution in [0.5, 0.6) is 0 Å². The van der Waals surface area contributed by atoms with E-state index in [1.165, 1.54) is 7.11 Å². The molecule has 20 atom stereocenters. The Labute approximate surface area is 276 Å². The van der Waals surface area contributed by atoms with E-state index in [1.807, 2.05) is 0 Å². The summed E-state index contributed by atoms with van der Waals surface area (Å²) >= 11 is 2.18. The quantitative estimate of drug-likeness (QED) is 0.0940. The number of rotatable bonds is 11. The van der Waals surface area contributed by atoms with Crippen molar-refractivity contribution in [3.8, 4) is 0 Å². The molecule has 4 rings (SSSR count). The van der Waals surface area contributed by atoms with Crippen molar-refractivity contribution >= 4 is 35.3 Å². The Kier molecular flexibility index (Phi) is 14.5. The molecule has 0 aliphatic carbocycles. The first-order chi connectivity index (χ1) is 21.8. The molecule has 0 aromatic heterocycles. The lowest BCUT2D eigenvalue weighted by Crippen LogP contribution is -2.62. The SMILES string of the molecule is CO[C@@H]1O[C@H](CO)[C@@H](S[C@H]2O[C@H](CO)[C@@H](S[C@H]3O[C@H](CO)[C@@H](S[C@@H]4O[C@H](CO)[C@@H](O)[C@H](O)[C@H]4O)[C@H](O)[C@H]3O)[C@H](O)[C@H]2O)[C@H](O)[C@H]1O. The predicted octanol–water partition coefficient (Wildman–Crippen LogP) is -6.94. The molecule has 0 aromatic carbocycles. The van der Waals surface area contributed by atoms with Gasteiger partial charge >= 0.3 is 0 Å². The maximum Gasteiger partial charge on any atom is 0.186 e. The van der Waals surface area contributed by atoms with Crippen LogP contribution < -0.4 is 0 Å². The highest BCUT2D eigenvalue weighted by molar-refractivity contribution is 8.01. The van der Waals surface area contributed by atoms with Gasteiger partial charge in [0.15, 0.2) is 6.29 Å². The minimum Gasteiger partial charge on any atom is -0.394 e. The molecule has 21 heteroatoms. The highest BCUT2D eigenvalue weighted by atomic mass is 32.2. The molecular weight excluding hydrogens is 684 g/mol. The van der Waals surface area contributed by atoms with Gasteiger partial charge in [-0.2, -0.15) is 0 Å². The molecule has 0 radical (unpaired) electrons. The highest BCUT2D eigenvalue weighted by Crippen LogP contribution is 2.44. The van der Waals surface area contributed by atoms with Crippen molar-refractivity contribution in [1.82, 2.24) is 0 Å². The minimum absolute atomic E-state index is 0.588. The van der Waals surface area contributed by atoms with Crippen molar-refractivity contribution in [1.29, 1.82) is 0 Å². The van der Waals surface area contributed by atoms with Crippen LogP contribution in [-0.2, 0) is 23.7 Å². The van der Waals surface area contributed by atoms with Crippen LogP contribution in [0.3, 0.4) is 0 Å². The molecule has 4 aliphatic rings. The van der Waals surface area contributed by atoms with Gasteiger partial charge in [0.1, 0.15) is 59.0 Å². The zero-order chi connectivity index (χ0) is 34.0. The molecule has 4 saturated heterocycles. The Hall–Kier alpha value is 0.330. The van der Waals surface area contributed by atoms with E-state index in [-0.39, 0.29) is 0 Å². The number of hydrogen-bond donors (Lipinski definition) is 13. The van der Waals surface area contributed by atoms with Crippen molar-refractivity contribution < 1.29 is 90.1 Å². The van der Waals surface area contributed by atoms with Crippen molar-refractivity contribution in [2.45, 2.75) is 118 Å². The molecule has 4 heterocycles. The van der Waals surface area contributed by atoms with Gasteiger partial charge in [0.25, 0.3) is 0 Å². The topological polar surface area (TPSA) is 309 Å². The average molecular weight is 729 g/mol. The smallest absolute Gasteiger partial charge is 0.186 e. The van der Waals surface area contributed by atoms with Crippen molar-refractivity contribution in [2.75, 3.05) is 33.5 Å². The molecule has 0 spiro atoms. The summed E-state index contributed by atoms with van der Waals surface area (Å²) in [5, 5.41) is 132. The maximum atomic E-state index is 11.1. The maximum absolute atomic E-state index is 11.1. The second-order valence-electron chi connectivity index (χ2n) is 11.4. The zero-order valence-corrected chi connectivity index (χ0v) is 26.9. The summed E-state index contributed by atoms with van der Waals surface area (Å²) in [6, 6.07) is 0. The third kappa shape index (κ3) is 7.95. The van der Waals surface area contributed by atoms with Gasteiger partial charge in [-0.1, -0.05) is 0 Å². The Morgan fingerprint density at radius 2 is 0.739 bits per heavy atom. The number of aliphatic hydroxyl groups excluding tert-OH is 13. The van der Waals surface area contributed by atoms with Crippen molar-refractivity contribution in [3.05, 3.63) is 0 Å². The lowest BCUT2D eigenvalue weighted by Gasteiger charge is -2.48. The predicted molar refractivity (Wildman–Crippen MR) is 158 cm³/mol. The van der Waals surface area contributed by atoms with E-state index in [0.717, 1.165) is 11.8 Å². The summed E-state index contributed by atoms with van der Waals surface area (Å²) < 4.78 is 27.6. The fraction of sp³-hybridized carbons (Fsp3) is 1.00. The third-order valence-electron chi connectivity index (χ3n) is 8.42. The summed E-state index contributed by atoms with van der Waals surface area (Å²) in [5.74, 6) is 0. The van der Waals surface area contributed by atoms with Gasteiger partial charge in [-0.25, -0.2) is 0 Å². The van der Waals surface area contributed by atoms with Crippen LogP contribution >= 0.6 is 35.3 Å². The molecule has 270 valence electrons. The van der Waals surface area contributed by atoms with Gasteiger partial charge < -0.3 is 90.1 Å². The third-order valence-corrected chi connectivity index (χ3v) is 13.1. The van der Waals surface area contributed by atoms with E-state index in [9.17, 15) is 66.4 Å². The minimum atomic E-state index is -1.70. The fourth-order valence-corrected chi connectivity index (χ4v) is 10.2. The highest BCUT2D eigenvalue weighted by Gasteiger charge is 2.54. The summed E-state index contributed by atoms with van der Waals surface area (Å²) in [4.78, 5) is 0. The zero-order valence-electron chi connectivity index (χ0n) is 24.5. The van der Waals surface area contributed by atoms with E-state index >= 15 is 0 Å².